The molecule has 7 heteroatoms. The van der Waals surface area contributed by atoms with E-state index in [0.29, 0.717) is 23.6 Å². The summed E-state index contributed by atoms with van der Waals surface area (Å²) in [5.41, 5.74) is 1.01. The van der Waals surface area contributed by atoms with Gasteiger partial charge >= 0.3 is 0 Å². The lowest BCUT2D eigenvalue weighted by Gasteiger charge is -2.34. The summed E-state index contributed by atoms with van der Waals surface area (Å²) < 4.78 is 32.9. The average molecular weight is 417 g/mol. The normalized spacial score (nSPS) is 20.5. The number of nitrogens with zero attached hydrogens (tertiary/aromatic N) is 2. The van der Waals surface area contributed by atoms with Crippen LogP contribution in [0, 0.1) is 18.8 Å². The summed E-state index contributed by atoms with van der Waals surface area (Å²) in [5.74, 6) is 1.66. The van der Waals surface area contributed by atoms with Crippen molar-refractivity contribution in [2.75, 3.05) is 18.0 Å². The SMILES string of the molecule is Cc1ccc(S(=O)(=O)c2nc(-c3cccs3)oc2N2CC(C)CC(C)C2)cc1. The maximum Gasteiger partial charge on any atom is 0.240 e. The summed E-state index contributed by atoms with van der Waals surface area (Å²) in [7, 11) is -3.78. The molecule has 28 heavy (non-hydrogen) atoms. The molecule has 2 aromatic heterocycles. The predicted molar refractivity (Wildman–Crippen MR) is 112 cm³/mol. The third kappa shape index (κ3) is 3.61. The first kappa shape index (κ1) is 19.2. The van der Waals surface area contributed by atoms with Crippen LogP contribution in [0.5, 0.6) is 0 Å². The molecule has 0 aliphatic carbocycles. The molecular formula is C21H24N2O3S2. The number of aryl methyl sites for hydroxylation is 1. The van der Waals surface area contributed by atoms with E-state index in [1.807, 2.05) is 29.3 Å². The Hall–Kier alpha value is -2.12. The van der Waals surface area contributed by atoms with E-state index < -0.39 is 9.84 Å². The molecule has 0 N–H and O–H groups in total. The van der Waals surface area contributed by atoms with Crippen molar-refractivity contribution in [2.24, 2.45) is 11.8 Å². The second-order valence-electron chi connectivity index (χ2n) is 7.77. The van der Waals surface area contributed by atoms with E-state index in [-0.39, 0.29) is 9.92 Å². The molecule has 3 heterocycles. The number of anilines is 1. The molecule has 2 atom stereocenters. The van der Waals surface area contributed by atoms with Crippen molar-refractivity contribution in [1.29, 1.82) is 0 Å². The Bertz CT molecular complexity index is 1040. The zero-order valence-electron chi connectivity index (χ0n) is 16.3. The van der Waals surface area contributed by atoms with E-state index >= 15 is 0 Å². The Morgan fingerprint density at radius 3 is 2.39 bits per heavy atom. The minimum atomic E-state index is -3.78. The van der Waals surface area contributed by atoms with Crippen LogP contribution >= 0.6 is 11.3 Å². The summed E-state index contributed by atoms with van der Waals surface area (Å²) in [4.78, 5) is 7.57. The number of oxazole rings is 1. The molecule has 4 rings (SSSR count). The third-order valence-electron chi connectivity index (χ3n) is 5.05. The van der Waals surface area contributed by atoms with Crippen LogP contribution in [-0.4, -0.2) is 26.5 Å². The quantitative estimate of drug-likeness (QED) is 0.597. The number of aromatic nitrogens is 1. The fourth-order valence-electron chi connectivity index (χ4n) is 3.84. The first-order valence-corrected chi connectivity index (χ1v) is 11.8. The summed E-state index contributed by atoms with van der Waals surface area (Å²) >= 11 is 1.48. The van der Waals surface area contributed by atoms with Crippen molar-refractivity contribution in [2.45, 2.75) is 37.1 Å². The minimum Gasteiger partial charge on any atom is -0.418 e. The van der Waals surface area contributed by atoms with Gasteiger partial charge < -0.3 is 9.32 Å². The highest BCUT2D eigenvalue weighted by Gasteiger charge is 2.34. The van der Waals surface area contributed by atoms with E-state index in [4.69, 9.17) is 4.42 Å². The van der Waals surface area contributed by atoms with Gasteiger partial charge in [-0.05, 0) is 48.8 Å². The van der Waals surface area contributed by atoms with Gasteiger partial charge in [0.15, 0.2) is 0 Å². The van der Waals surface area contributed by atoms with Gasteiger partial charge in [0, 0.05) is 13.1 Å². The highest BCUT2D eigenvalue weighted by Crippen LogP contribution is 2.38. The molecular weight excluding hydrogens is 392 g/mol. The van der Waals surface area contributed by atoms with Gasteiger partial charge in [0.25, 0.3) is 0 Å². The minimum absolute atomic E-state index is 0.0149. The highest BCUT2D eigenvalue weighted by molar-refractivity contribution is 7.91. The Balaban J connectivity index is 1.84. The van der Waals surface area contributed by atoms with Gasteiger partial charge in [-0.15, -0.1) is 11.3 Å². The van der Waals surface area contributed by atoms with Gasteiger partial charge in [-0.3, -0.25) is 0 Å². The van der Waals surface area contributed by atoms with Crippen LogP contribution < -0.4 is 4.90 Å². The second kappa shape index (κ2) is 7.37. The number of hydrogen-bond donors (Lipinski definition) is 0. The van der Waals surface area contributed by atoms with Gasteiger partial charge in [0.2, 0.25) is 26.6 Å². The van der Waals surface area contributed by atoms with Gasteiger partial charge in [0.05, 0.1) is 9.77 Å². The van der Waals surface area contributed by atoms with Crippen LogP contribution in [0.15, 0.2) is 56.1 Å². The lowest BCUT2D eigenvalue weighted by Crippen LogP contribution is -2.39. The lowest BCUT2D eigenvalue weighted by molar-refractivity contribution is 0.342. The molecule has 1 aliphatic rings. The van der Waals surface area contributed by atoms with Crippen LogP contribution in [0.25, 0.3) is 10.8 Å². The molecule has 5 nitrogen and oxygen atoms in total. The topological polar surface area (TPSA) is 63.4 Å². The molecule has 1 aliphatic heterocycles. The molecule has 1 saturated heterocycles. The lowest BCUT2D eigenvalue weighted by atomic mass is 9.92. The summed E-state index contributed by atoms with van der Waals surface area (Å²) in [6.07, 6.45) is 1.13. The van der Waals surface area contributed by atoms with E-state index in [2.05, 4.69) is 18.8 Å². The zero-order chi connectivity index (χ0) is 19.9. The van der Waals surface area contributed by atoms with Crippen LogP contribution in [-0.2, 0) is 9.84 Å². The number of rotatable bonds is 4. The number of benzene rings is 1. The van der Waals surface area contributed by atoms with Crippen molar-refractivity contribution < 1.29 is 12.8 Å². The highest BCUT2D eigenvalue weighted by atomic mass is 32.2. The van der Waals surface area contributed by atoms with Gasteiger partial charge in [-0.2, -0.15) is 4.98 Å². The first-order chi connectivity index (χ1) is 13.3. The molecule has 1 fully saturated rings. The number of thiophene rings is 1. The molecule has 3 aromatic rings. The largest absolute Gasteiger partial charge is 0.418 e. The smallest absolute Gasteiger partial charge is 0.240 e. The van der Waals surface area contributed by atoms with E-state index in [0.717, 1.165) is 30.0 Å². The molecule has 2 unspecified atom stereocenters. The van der Waals surface area contributed by atoms with Crippen LogP contribution in [0.4, 0.5) is 5.88 Å². The summed E-state index contributed by atoms with van der Waals surface area (Å²) in [6.45, 7) is 7.84. The molecule has 0 saturated carbocycles. The fraction of sp³-hybridized carbons (Fsp3) is 0.381. The summed E-state index contributed by atoms with van der Waals surface area (Å²) in [5, 5.41) is 1.94. The molecule has 1 aromatic carbocycles. The van der Waals surface area contributed by atoms with E-state index in [1.54, 1.807) is 24.3 Å². The van der Waals surface area contributed by atoms with Crippen molar-refractivity contribution in [3.8, 4) is 10.8 Å². The van der Waals surface area contributed by atoms with Gasteiger partial charge in [0.1, 0.15) is 0 Å². The fourth-order valence-corrected chi connectivity index (χ4v) is 5.81. The number of piperidine rings is 1. The van der Waals surface area contributed by atoms with E-state index in [9.17, 15) is 8.42 Å². The number of sulfone groups is 1. The van der Waals surface area contributed by atoms with Crippen LogP contribution in [0.1, 0.15) is 25.8 Å². The molecule has 0 spiro atoms. The Morgan fingerprint density at radius 2 is 1.79 bits per heavy atom. The Morgan fingerprint density at radius 1 is 1.11 bits per heavy atom. The number of hydrogen-bond acceptors (Lipinski definition) is 6. The first-order valence-electron chi connectivity index (χ1n) is 9.46. The van der Waals surface area contributed by atoms with Crippen molar-refractivity contribution >= 4 is 27.1 Å². The second-order valence-corrected chi connectivity index (χ2v) is 10.6. The zero-order valence-corrected chi connectivity index (χ0v) is 17.9. The van der Waals surface area contributed by atoms with Crippen LogP contribution in [0.2, 0.25) is 0 Å². The van der Waals surface area contributed by atoms with Crippen molar-refractivity contribution in [1.82, 2.24) is 4.98 Å². The van der Waals surface area contributed by atoms with Gasteiger partial charge in [-0.1, -0.05) is 37.6 Å². The van der Waals surface area contributed by atoms with Gasteiger partial charge in [-0.25, -0.2) is 8.42 Å². The molecule has 0 amide bonds. The maximum absolute atomic E-state index is 13.4. The van der Waals surface area contributed by atoms with Crippen molar-refractivity contribution in [3.63, 3.8) is 0 Å². The predicted octanol–water partition coefficient (Wildman–Crippen LogP) is 5.03. The Kier molecular flexibility index (Phi) is 5.05. The molecule has 0 bridgehead atoms. The Labute approximate surface area is 169 Å². The standard InChI is InChI=1S/C21H24N2O3S2/c1-14-6-8-17(9-7-14)28(24,25)20-21(23-12-15(2)11-16(3)13-23)26-19(22-20)18-5-4-10-27-18/h4-10,15-16H,11-13H2,1-3H3. The third-order valence-corrected chi connectivity index (χ3v) is 7.58. The van der Waals surface area contributed by atoms with Crippen LogP contribution in [0.3, 0.4) is 0 Å². The van der Waals surface area contributed by atoms with E-state index in [1.165, 1.54) is 11.3 Å². The molecule has 148 valence electrons. The summed E-state index contributed by atoms with van der Waals surface area (Å²) in [6, 6.07) is 10.7. The maximum atomic E-state index is 13.4. The van der Waals surface area contributed by atoms with Crippen molar-refractivity contribution in [3.05, 3.63) is 47.3 Å². The molecule has 0 radical (unpaired) electrons. The average Bonchev–Trinajstić information content (AvgIpc) is 3.31. The monoisotopic (exact) mass is 416 g/mol.